The minimum absolute atomic E-state index is 0.0593. The molecule has 1 unspecified atom stereocenters. The number of likely N-dealkylation sites (tertiary alicyclic amines) is 1. The summed E-state index contributed by atoms with van der Waals surface area (Å²) in [6, 6.07) is 10.0. The zero-order valence-corrected chi connectivity index (χ0v) is 12.0. The number of hydrazine groups is 1. The van der Waals surface area contributed by atoms with Crippen LogP contribution in [0.4, 0.5) is 0 Å². The molecule has 1 aromatic rings. The first-order valence-electron chi connectivity index (χ1n) is 7.62. The fourth-order valence-corrected chi connectivity index (χ4v) is 2.78. The van der Waals surface area contributed by atoms with E-state index in [-0.39, 0.29) is 23.8 Å². The van der Waals surface area contributed by atoms with Crippen LogP contribution in [0.5, 0.6) is 0 Å². The first-order valence-corrected chi connectivity index (χ1v) is 7.62. The van der Waals surface area contributed by atoms with Crippen molar-refractivity contribution in [1.29, 1.82) is 0 Å². The minimum atomic E-state index is -0.148. The first kappa shape index (κ1) is 14.1. The van der Waals surface area contributed by atoms with Crippen molar-refractivity contribution < 1.29 is 9.59 Å². The van der Waals surface area contributed by atoms with Gasteiger partial charge in [0.2, 0.25) is 5.91 Å². The first-order chi connectivity index (χ1) is 10.2. The molecule has 1 aromatic carbocycles. The Morgan fingerprint density at radius 1 is 1.05 bits per heavy atom. The van der Waals surface area contributed by atoms with Gasteiger partial charge in [0.25, 0.3) is 5.91 Å². The molecule has 0 aromatic heterocycles. The summed E-state index contributed by atoms with van der Waals surface area (Å²) in [7, 11) is 0. The smallest absolute Gasteiger partial charge is 0.255 e. The molecule has 2 fully saturated rings. The van der Waals surface area contributed by atoms with Crippen molar-refractivity contribution in [3.8, 4) is 0 Å². The molecule has 112 valence electrons. The molecule has 1 saturated carbocycles. The lowest BCUT2D eigenvalue weighted by molar-refractivity contribution is -0.132. The highest BCUT2D eigenvalue weighted by Crippen LogP contribution is 2.28. The summed E-state index contributed by atoms with van der Waals surface area (Å²) >= 11 is 0. The predicted octanol–water partition coefficient (Wildman–Crippen LogP) is 1.21. The summed E-state index contributed by atoms with van der Waals surface area (Å²) in [6.45, 7) is 1.69. The van der Waals surface area contributed by atoms with Crippen LogP contribution in [-0.4, -0.2) is 29.3 Å². The molecule has 1 aliphatic heterocycles. The molecule has 3 rings (SSSR count). The van der Waals surface area contributed by atoms with Crippen molar-refractivity contribution in [3.05, 3.63) is 35.9 Å². The summed E-state index contributed by atoms with van der Waals surface area (Å²) in [4.78, 5) is 26.0. The molecular formula is C16H21N3O2. The molecule has 0 spiro atoms. The van der Waals surface area contributed by atoms with E-state index in [1.54, 1.807) is 0 Å². The molecular weight excluding hydrogens is 266 g/mol. The van der Waals surface area contributed by atoms with Gasteiger partial charge in [0.15, 0.2) is 0 Å². The highest BCUT2D eigenvalue weighted by Gasteiger charge is 2.33. The van der Waals surface area contributed by atoms with Crippen LogP contribution in [0.3, 0.4) is 0 Å². The monoisotopic (exact) mass is 287 g/mol. The van der Waals surface area contributed by atoms with E-state index in [1.165, 1.54) is 5.56 Å². The van der Waals surface area contributed by atoms with Crippen LogP contribution in [0.25, 0.3) is 0 Å². The molecule has 2 N–H and O–H groups in total. The highest BCUT2D eigenvalue weighted by atomic mass is 16.2. The average Bonchev–Trinajstić information content (AvgIpc) is 3.26. The fourth-order valence-electron chi connectivity index (χ4n) is 2.78. The normalized spacial score (nSPS) is 22.0. The van der Waals surface area contributed by atoms with Gasteiger partial charge in [0.1, 0.15) is 0 Å². The van der Waals surface area contributed by atoms with E-state index in [0.717, 1.165) is 38.8 Å². The quantitative estimate of drug-likeness (QED) is 0.818. The maximum Gasteiger partial charge on any atom is 0.255 e. The molecule has 5 nitrogen and oxygen atoms in total. The average molecular weight is 287 g/mol. The van der Waals surface area contributed by atoms with Crippen LogP contribution in [0.2, 0.25) is 0 Å². The topological polar surface area (TPSA) is 61.4 Å². The second kappa shape index (κ2) is 6.26. The number of carbonyl (C=O) groups is 2. The van der Waals surface area contributed by atoms with Crippen LogP contribution in [0.1, 0.15) is 31.2 Å². The zero-order chi connectivity index (χ0) is 14.7. The molecule has 1 heterocycles. The number of nitrogens with zero attached hydrogens (tertiary/aromatic N) is 1. The number of nitrogens with one attached hydrogen (secondary N) is 2. The van der Waals surface area contributed by atoms with Crippen molar-refractivity contribution in [2.45, 2.75) is 38.3 Å². The van der Waals surface area contributed by atoms with E-state index in [4.69, 9.17) is 0 Å². The third kappa shape index (κ3) is 3.61. The Balaban J connectivity index is 1.53. The number of amides is 2. The number of hydrogen-bond donors (Lipinski definition) is 2. The van der Waals surface area contributed by atoms with E-state index >= 15 is 0 Å². The van der Waals surface area contributed by atoms with Gasteiger partial charge in [-0.1, -0.05) is 30.3 Å². The van der Waals surface area contributed by atoms with Crippen LogP contribution in [-0.2, 0) is 16.1 Å². The van der Waals surface area contributed by atoms with Gasteiger partial charge in [-0.2, -0.15) is 0 Å². The van der Waals surface area contributed by atoms with E-state index in [2.05, 4.69) is 27.9 Å². The third-order valence-corrected chi connectivity index (χ3v) is 4.15. The lowest BCUT2D eigenvalue weighted by Crippen LogP contribution is -2.50. The Hall–Kier alpha value is -1.88. The van der Waals surface area contributed by atoms with Crippen molar-refractivity contribution in [1.82, 2.24) is 15.8 Å². The van der Waals surface area contributed by atoms with Gasteiger partial charge in [-0.25, -0.2) is 0 Å². The number of rotatable bonds is 4. The van der Waals surface area contributed by atoms with Crippen LogP contribution in [0, 0.1) is 5.92 Å². The standard InChI is InChI=1S/C16H21N3O2/c20-15(13-8-9-13)17-18-16(21)14-7-4-10-19(14)11-12-5-2-1-3-6-12/h1-3,5-6,13-14H,4,7-11H2,(H,17,20)(H,18,21). The summed E-state index contributed by atoms with van der Waals surface area (Å²) in [5, 5.41) is 0. The van der Waals surface area contributed by atoms with E-state index < -0.39 is 0 Å². The van der Waals surface area contributed by atoms with Gasteiger partial charge < -0.3 is 0 Å². The Labute approximate surface area is 124 Å². The maximum absolute atomic E-state index is 12.2. The Morgan fingerprint density at radius 3 is 2.48 bits per heavy atom. The molecule has 0 bridgehead atoms. The third-order valence-electron chi connectivity index (χ3n) is 4.15. The molecule has 0 radical (unpaired) electrons. The Morgan fingerprint density at radius 2 is 1.76 bits per heavy atom. The molecule has 1 atom stereocenters. The highest BCUT2D eigenvalue weighted by molar-refractivity contribution is 5.87. The number of hydrogen-bond acceptors (Lipinski definition) is 3. The molecule has 2 amide bonds. The van der Waals surface area contributed by atoms with E-state index in [1.807, 2.05) is 18.2 Å². The lowest BCUT2D eigenvalue weighted by Gasteiger charge is -2.23. The van der Waals surface area contributed by atoms with Crippen LogP contribution < -0.4 is 10.9 Å². The molecule has 1 aliphatic carbocycles. The number of carbonyl (C=O) groups excluding carboxylic acids is 2. The number of benzene rings is 1. The molecule has 21 heavy (non-hydrogen) atoms. The summed E-state index contributed by atoms with van der Waals surface area (Å²) in [6.07, 6.45) is 3.73. The lowest BCUT2D eigenvalue weighted by atomic mass is 10.2. The SMILES string of the molecule is O=C(NNC(=O)C1CCCN1Cc1ccccc1)C1CC1. The summed E-state index contributed by atoms with van der Waals surface area (Å²) < 4.78 is 0. The van der Waals surface area contributed by atoms with Gasteiger partial charge in [0, 0.05) is 12.5 Å². The van der Waals surface area contributed by atoms with Gasteiger partial charge in [-0.05, 0) is 37.8 Å². The molecule has 5 heteroatoms. The largest absolute Gasteiger partial charge is 0.288 e. The van der Waals surface area contributed by atoms with Gasteiger partial charge >= 0.3 is 0 Å². The van der Waals surface area contributed by atoms with Crippen molar-refractivity contribution in [3.63, 3.8) is 0 Å². The zero-order valence-electron chi connectivity index (χ0n) is 12.0. The van der Waals surface area contributed by atoms with Crippen molar-refractivity contribution >= 4 is 11.8 Å². The van der Waals surface area contributed by atoms with Crippen LogP contribution >= 0.6 is 0 Å². The minimum Gasteiger partial charge on any atom is -0.288 e. The fraction of sp³-hybridized carbons (Fsp3) is 0.500. The van der Waals surface area contributed by atoms with Crippen LogP contribution in [0.15, 0.2) is 30.3 Å². The Kier molecular flexibility index (Phi) is 4.20. The van der Waals surface area contributed by atoms with Gasteiger partial charge in [-0.3, -0.25) is 25.3 Å². The summed E-state index contributed by atoms with van der Waals surface area (Å²) in [5.74, 6) is -0.0531. The Bertz CT molecular complexity index is 514. The van der Waals surface area contributed by atoms with E-state index in [9.17, 15) is 9.59 Å². The second-order valence-corrected chi connectivity index (χ2v) is 5.87. The van der Waals surface area contributed by atoms with Crippen molar-refractivity contribution in [2.75, 3.05) is 6.54 Å². The maximum atomic E-state index is 12.2. The van der Waals surface area contributed by atoms with E-state index in [0.29, 0.717) is 0 Å². The van der Waals surface area contributed by atoms with Crippen molar-refractivity contribution in [2.24, 2.45) is 5.92 Å². The van der Waals surface area contributed by atoms with Gasteiger partial charge in [0.05, 0.1) is 6.04 Å². The molecule has 2 aliphatic rings. The summed E-state index contributed by atoms with van der Waals surface area (Å²) in [5.41, 5.74) is 6.33. The molecule has 1 saturated heterocycles. The predicted molar refractivity (Wildman–Crippen MR) is 78.9 cm³/mol. The van der Waals surface area contributed by atoms with Gasteiger partial charge in [-0.15, -0.1) is 0 Å². The second-order valence-electron chi connectivity index (χ2n) is 5.87.